The number of amides is 1. The lowest BCUT2D eigenvalue weighted by atomic mass is 9.97. The van der Waals surface area contributed by atoms with Gasteiger partial charge in [-0.1, -0.05) is 0 Å². The van der Waals surface area contributed by atoms with Gasteiger partial charge in [0.15, 0.2) is 5.88 Å². The standard InChI is InChI=1S/C18H22N4O2/c23-18(21-14-5-11-3-4-22(9-11)10-14)15-7-16-12(8-19-15)6-17(24-16)20-13-1-2-13/h6-8,11,13-14,20H,1-5,9-10H2,(H,21,23). The van der Waals surface area contributed by atoms with Crippen LogP contribution in [0.15, 0.2) is 22.7 Å². The Balaban J connectivity index is 1.30. The fraction of sp³-hybridized carbons (Fsp3) is 0.556. The molecule has 6 heteroatoms. The highest BCUT2D eigenvalue weighted by molar-refractivity contribution is 5.95. The minimum Gasteiger partial charge on any atom is -0.441 e. The molecule has 1 saturated carbocycles. The monoisotopic (exact) mass is 326 g/mol. The van der Waals surface area contributed by atoms with Crippen molar-refractivity contribution >= 4 is 22.8 Å². The van der Waals surface area contributed by atoms with E-state index in [1.54, 1.807) is 12.3 Å². The first-order chi connectivity index (χ1) is 11.7. The number of carbonyl (C=O) groups excluding carboxylic acids is 1. The summed E-state index contributed by atoms with van der Waals surface area (Å²) in [5.41, 5.74) is 1.15. The Hall–Kier alpha value is -2.08. The Morgan fingerprint density at radius 2 is 2.12 bits per heavy atom. The lowest BCUT2D eigenvalue weighted by Crippen LogP contribution is -2.47. The summed E-state index contributed by atoms with van der Waals surface area (Å²) in [5.74, 6) is 1.40. The van der Waals surface area contributed by atoms with E-state index in [1.807, 2.05) is 6.07 Å². The number of nitrogens with zero attached hydrogens (tertiary/aromatic N) is 2. The second-order valence-corrected chi connectivity index (χ2v) is 7.46. The van der Waals surface area contributed by atoms with Crippen LogP contribution in [-0.2, 0) is 0 Å². The van der Waals surface area contributed by atoms with Crippen molar-refractivity contribution in [1.29, 1.82) is 0 Å². The van der Waals surface area contributed by atoms with Crippen molar-refractivity contribution in [2.75, 3.05) is 25.0 Å². The van der Waals surface area contributed by atoms with Gasteiger partial charge >= 0.3 is 0 Å². The van der Waals surface area contributed by atoms with Crippen LogP contribution in [0.5, 0.6) is 0 Å². The average Bonchev–Trinajstić information content (AvgIpc) is 3.18. The number of rotatable bonds is 4. The van der Waals surface area contributed by atoms with E-state index in [-0.39, 0.29) is 11.9 Å². The van der Waals surface area contributed by atoms with Gasteiger partial charge in [0.1, 0.15) is 11.3 Å². The van der Waals surface area contributed by atoms with Crippen LogP contribution in [0.25, 0.3) is 11.0 Å². The van der Waals surface area contributed by atoms with Crippen molar-refractivity contribution in [3.63, 3.8) is 0 Å². The predicted molar refractivity (Wildman–Crippen MR) is 91.1 cm³/mol. The number of nitrogens with one attached hydrogen (secondary N) is 2. The molecule has 2 aromatic heterocycles. The van der Waals surface area contributed by atoms with Crippen LogP contribution in [0.1, 0.15) is 36.2 Å². The molecule has 1 aliphatic carbocycles. The maximum Gasteiger partial charge on any atom is 0.270 e. The van der Waals surface area contributed by atoms with E-state index >= 15 is 0 Å². The highest BCUT2D eigenvalue weighted by atomic mass is 16.3. The predicted octanol–water partition coefficient (Wildman–Crippen LogP) is 2.23. The van der Waals surface area contributed by atoms with Gasteiger partial charge in [-0.15, -0.1) is 0 Å². The number of hydrogen-bond donors (Lipinski definition) is 2. The van der Waals surface area contributed by atoms with Crippen LogP contribution in [0.2, 0.25) is 0 Å². The lowest BCUT2D eigenvalue weighted by molar-refractivity contribution is 0.0904. The maximum atomic E-state index is 12.5. The molecule has 2 bridgehead atoms. The van der Waals surface area contributed by atoms with Gasteiger partial charge in [-0.2, -0.15) is 0 Å². The fourth-order valence-electron chi connectivity index (χ4n) is 3.98. The van der Waals surface area contributed by atoms with Crippen molar-refractivity contribution in [2.24, 2.45) is 5.92 Å². The number of furan rings is 1. The average molecular weight is 326 g/mol. The highest BCUT2D eigenvalue weighted by Crippen LogP contribution is 2.29. The van der Waals surface area contributed by atoms with Gasteiger partial charge in [0.25, 0.3) is 5.91 Å². The molecule has 3 fully saturated rings. The summed E-state index contributed by atoms with van der Waals surface area (Å²) in [6.45, 7) is 3.32. The Kier molecular flexibility index (Phi) is 3.26. The number of carbonyl (C=O) groups is 1. The zero-order valence-electron chi connectivity index (χ0n) is 13.6. The third-order valence-corrected chi connectivity index (χ3v) is 5.36. The molecule has 2 saturated heterocycles. The molecule has 126 valence electrons. The second-order valence-electron chi connectivity index (χ2n) is 7.46. The van der Waals surface area contributed by atoms with Gasteiger partial charge in [-0.25, -0.2) is 0 Å². The van der Waals surface area contributed by atoms with Crippen LogP contribution in [0, 0.1) is 5.92 Å². The van der Waals surface area contributed by atoms with E-state index in [2.05, 4.69) is 20.5 Å². The first-order valence-electron chi connectivity index (χ1n) is 8.92. The number of fused-ring (bicyclic) bond motifs is 3. The van der Waals surface area contributed by atoms with E-state index in [9.17, 15) is 4.79 Å². The normalized spacial score (nSPS) is 28.9. The van der Waals surface area contributed by atoms with Crippen molar-refractivity contribution < 1.29 is 9.21 Å². The van der Waals surface area contributed by atoms with Crippen molar-refractivity contribution in [2.45, 2.75) is 37.8 Å². The molecular formula is C18H22N4O2. The quantitative estimate of drug-likeness (QED) is 0.901. The second kappa shape index (κ2) is 5.48. The van der Waals surface area contributed by atoms with Crippen LogP contribution >= 0.6 is 0 Å². The van der Waals surface area contributed by atoms with Gasteiger partial charge in [0, 0.05) is 48.9 Å². The molecular weight excluding hydrogens is 304 g/mol. The summed E-state index contributed by atoms with van der Waals surface area (Å²) in [6, 6.07) is 4.48. The number of piperidine rings is 1. The lowest BCUT2D eigenvalue weighted by Gasteiger charge is -2.30. The molecule has 3 atom stereocenters. The first kappa shape index (κ1) is 14.3. The first-order valence-corrected chi connectivity index (χ1v) is 8.92. The molecule has 24 heavy (non-hydrogen) atoms. The van der Waals surface area contributed by atoms with Gasteiger partial charge in [0.05, 0.1) is 0 Å². The summed E-state index contributed by atoms with van der Waals surface area (Å²) >= 11 is 0. The molecule has 2 aromatic rings. The van der Waals surface area contributed by atoms with Gasteiger partial charge in [-0.3, -0.25) is 9.78 Å². The van der Waals surface area contributed by atoms with Crippen LogP contribution in [-0.4, -0.2) is 47.5 Å². The molecule has 0 spiro atoms. The summed E-state index contributed by atoms with van der Waals surface area (Å²) in [7, 11) is 0. The zero-order chi connectivity index (χ0) is 16.1. The van der Waals surface area contributed by atoms with Crippen molar-refractivity contribution in [3.05, 3.63) is 24.0 Å². The molecule has 6 nitrogen and oxygen atoms in total. The number of anilines is 1. The summed E-state index contributed by atoms with van der Waals surface area (Å²) < 4.78 is 5.80. The summed E-state index contributed by atoms with van der Waals surface area (Å²) in [4.78, 5) is 19.3. The van der Waals surface area contributed by atoms with Crippen LogP contribution in [0.3, 0.4) is 0 Å². The Morgan fingerprint density at radius 3 is 2.96 bits per heavy atom. The fourth-order valence-corrected chi connectivity index (χ4v) is 3.98. The molecule has 3 unspecified atom stereocenters. The largest absolute Gasteiger partial charge is 0.441 e. The molecule has 2 N–H and O–H groups in total. The van der Waals surface area contributed by atoms with Crippen molar-refractivity contribution in [3.8, 4) is 0 Å². The van der Waals surface area contributed by atoms with Crippen LogP contribution < -0.4 is 10.6 Å². The summed E-state index contributed by atoms with van der Waals surface area (Å²) in [6.07, 6.45) is 6.46. The molecule has 3 aliphatic rings. The minimum absolute atomic E-state index is 0.0995. The highest BCUT2D eigenvalue weighted by Gasteiger charge is 2.33. The zero-order valence-corrected chi connectivity index (χ0v) is 13.6. The van der Waals surface area contributed by atoms with Crippen LogP contribution in [0.4, 0.5) is 5.88 Å². The van der Waals surface area contributed by atoms with E-state index in [0.717, 1.165) is 30.2 Å². The Labute approximate surface area is 140 Å². The molecule has 0 radical (unpaired) electrons. The van der Waals surface area contributed by atoms with E-state index in [4.69, 9.17) is 4.42 Å². The number of pyridine rings is 1. The molecule has 4 heterocycles. The van der Waals surface area contributed by atoms with Crippen molar-refractivity contribution in [1.82, 2.24) is 15.2 Å². The number of hydrogen-bond acceptors (Lipinski definition) is 5. The van der Waals surface area contributed by atoms with Gasteiger partial charge in [0.2, 0.25) is 0 Å². The SMILES string of the molecule is O=C(NC1CC2CCN(C2)C1)c1cc2oc(NC3CC3)cc2cn1. The Morgan fingerprint density at radius 1 is 1.21 bits per heavy atom. The van der Waals surface area contributed by atoms with E-state index in [1.165, 1.54) is 32.4 Å². The Bertz CT molecular complexity index is 770. The third-order valence-electron chi connectivity index (χ3n) is 5.36. The molecule has 0 aromatic carbocycles. The van der Waals surface area contributed by atoms with E-state index in [0.29, 0.717) is 17.3 Å². The molecule has 5 rings (SSSR count). The minimum atomic E-state index is -0.0995. The smallest absolute Gasteiger partial charge is 0.270 e. The topological polar surface area (TPSA) is 70.4 Å². The van der Waals surface area contributed by atoms with Gasteiger partial charge < -0.3 is 20.0 Å². The maximum absolute atomic E-state index is 12.5. The third kappa shape index (κ3) is 2.75. The van der Waals surface area contributed by atoms with E-state index < -0.39 is 0 Å². The number of aromatic nitrogens is 1. The molecule has 1 amide bonds. The van der Waals surface area contributed by atoms with Gasteiger partial charge in [-0.05, 0) is 38.1 Å². The summed E-state index contributed by atoms with van der Waals surface area (Å²) in [5, 5.41) is 7.41. The molecule has 2 aliphatic heterocycles.